The SMILES string of the molecule is C=CCNC(=O)c1nnn(CC2CC(=O)N(Cc3ccc(C)c(C)c3)C2)c1C. The van der Waals surface area contributed by atoms with Crippen LogP contribution in [0.5, 0.6) is 0 Å². The number of hydrogen-bond donors (Lipinski definition) is 1. The van der Waals surface area contributed by atoms with Crippen molar-refractivity contribution in [3.63, 3.8) is 0 Å². The van der Waals surface area contributed by atoms with Crippen molar-refractivity contribution >= 4 is 11.8 Å². The number of carbonyl (C=O) groups excluding carboxylic acids is 2. The number of rotatable bonds is 7. The Morgan fingerprint density at radius 2 is 2.11 bits per heavy atom. The van der Waals surface area contributed by atoms with Crippen LogP contribution in [0, 0.1) is 26.7 Å². The standard InChI is InChI=1S/C21H27N5O2/c1-5-8-22-21(28)20-16(4)26(24-23-20)13-18-10-19(27)25(12-18)11-17-7-6-14(2)15(3)9-17/h5-7,9,18H,1,8,10-13H2,2-4H3,(H,22,28). The summed E-state index contributed by atoms with van der Waals surface area (Å²) >= 11 is 0. The second-order valence-electron chi connectivity index (χ2n) is 7.47. The highest BCUT2D eigenvalue weighted by Crippen LogP contribution is 2.23. The van der Waals surface area contributed by atoms with Crippen molar-refractivity contribution in [2.24, 2.45) is 5.92 Å². The van der Waals surface area contributed by atoms with Crippen LogP contribution < -0.4 is 5.32 Å². The Bertz CT molecular complexity index is 902. The van der Waals surface area contributed by atoms with Gasteiger partial charge in [0.25, 0.3) is 5.91 Å². The summed E-state index contributed by atoms with van der Waals surface area (Å²) < 4.78 is 1.72. The lowest BCUT2D eigenvalue weighted by Gasteiger charge is -2.17. The largest absolute Gasteiger partial charge is 0.347 e. The Morgan fingerprint density at radius 3 is 2.82 bits per heavy atom. The average molecular weight is 381 g/mol. The van der Waals surface area contributed by atoms with Gasteiger partial charge in [-0.15, -0.1) is 11.7 Å². The molecule has 1 fully saturated rings. The second-order valence-corrected chi connectivity index (χ2v) is 7.47. The predicted octanol–water partition coefficient (Wildman–Crippen LogP) is 2.17. The molecule has 28 heavy (non-hydrogen) atoms. The predicted molar refractivity (Wildman–Crippen MR) is 107 cm³/mol. The van der Waals surface area contributed by atoms with Crippen LogP contribution in [-0.4, -0.2) is 44.8 Å². The van der Waals surface area contributed by atoms with Crippen molar-refractivity contribution in [3.8, 4) is 0 Å². The van der Waals surface area contributed by atoms with Gasteiger partial charge in [0.15, 0.2) is 5.69 Å². The minimum atomic E-state index is -0.262. The van der Waals surface area contributed by atoms with Gasteiger partial charge in [-0.05, 0) is 37.5 Å². The van der Waals surface area contributed by atoms with Crippen molar-refractivity contribution in [1.82, 2.24) is 25.2 Å². The molecule has 3 rings (SSSR count). The van der Waals surface area contributed by atoms with Gasteiger partial charge in [0.05, 0.1) is 5.69 Å². The summed E-state index contributed by atoms with van der Waals surface area (Å²) in [6, 6.07) is 6.32. The number of hydrogen-bond acceptors (Lipinski definition) is 4. The Morgan fingerprint density at radius 1 is 1.32 bits per heavy atom. The lowest BCUT2D eigenvalue weighted by Crippen LogP contribution is -2.25. The maximum atomic E-state index is 12.5. The number of benzene rings is 1. The normalized spacial score (nSPS) is 16.5. The molecule has 7 heteroatoms. The van der Waals surface area contributed by atoms with E-state index in [0.29, 0.717) is 44.0 Å². The first-order chi connectivity index (χ1) is 13.4. The van der Waals surface area contributed by atoms with E-state index < -0.39 is 0 Å². The van der Waals surface area contributed by atoms with Gasteiger partial charge < -0.3 is 10.2 Å². The van der Waals surface area contributed by atoms with Crippen LogP contribution in [0.1, 0.15) is 39.3 Å². The number of likely N-dealkylation sites (tertiary alicyclic amines) is 1. The van der Waals surface area contributed by atoms with Crippen LogP contribution in [0.25, 0.3) is 0 Å². The van der Waals surface area contributed by atoms with Gasteiger partial charge in [0.1, 0.15) is 0 Å². The number of amides is 2. The van der Waals surface area contributed by atoms with E-state index >= 15 is 0 Å². The van der Waals surface area contributed by atoms with E-state index in [0.717, 1.165) is 5.56 Å². The zero-order valence-corrected chi connectivity index (χ0v) is 16.7. The molecular formula is C21H27N5O2. The molecule has 7 nitrogen and oxygen atoms in total. The molecule has 0 aliphatic carbocycles. The molecule has 1 saturated heterocycles. The highest BCUT2D eigenvalue weighted by Gasteiger charge is 2.31. The third-order valence-corrected chi connectivity index (χ3v) is 5.28. The molecular weight excluding hydrogens is 354 g/mol. The van der Waals surface area contributed by atoms with Gasteiger partial charge in [-0.2, -0.15) is 0 Å². The molecule has 1 N–H and O–H groups in total. The monoisotopic (exact) mass is 381 g/mol. The van der Waals surface area contributed by atoms with Crippen LogP contribution in [-0.2, 0) is 17.9 Å². The van der Waals surface area contributed by atoms with E-state index in [1.807, 2.05) is 11.8 Å². The van der Waals surface area contributed by atoms with Crippen molar-refractivity contribution < 1.29 is 9.59 Å². The topological polar surface area (TPSA) is 80.1 Å². The molecule has 0 saturated carbocycles. The molecule has 2 aromatic rings. The maximum Gasteiger partial charge on any atom is 0.273 e. The highest BCUT2D eigenvalue weighted by atomic mass is 16.2. The third kappa shape index (κ3) is 4.30. The first kappa shape index (κ1) is 19.8. The molecule has 0 radical (unpaired) electrons. The van der Waals surface area contributed by atoms with Crippen LogP contribution in [0.3, 0.4) is 0 Å². The quantitative estimate of drug-likeness (QED) is 0.746. The molecule has 1 atom stereocenters. The van der Waals surface area contributed by atoms with Crippen LogP contribution in [0.15, 0.2) is 30.9 Å². The molecule has 1 aliphatic rings. The molecule has 0 bridgehead atoms. The van der Waals surface area contributed by atoms with Crippen LogP contribution >= 0.6 is 0 Å². The van der Waals surface area contributed by atoms with Gasteiger partial charge in [-0.1, -0.05) is 29.5 Å². The molecule has 1 aliphatic heterocycles. The Hall–Kier alpha value is -2.96. The molecule has 0 spiro atoms. The first-order valence-electron chi connectivity index (χ1n) is 9.52. The van der Waals surface area contributed by atoms with E-state index in [9.17, 15) is 9.59 Å². The zero-order valence-electron chi connectivity index (χ0n) is 16.7. The summed E-state index contributed by atoms with van der Waals surface area (Å²) in [4.78, 5) is 26.5. The zero-order chi connectivity index (χ0) is 20.3. The maximum absolute atomic E-state index is 12.5. The number of carbonyl (C=O) groups is 2. The van der Waals surface area contributed by atoms with Crippen molar-refractivity contribution in [2.45, 2.75) is 40.3 Å². The summed E-state index contributed by atoms with van der Waals surface area (Å²) in [6.45, 7) is 11.8. The molecule has 1 unspecified atom stereocenters. The van der Waals surface area contributed by atoms with Gasteiger partial charge in [-0.25, -0.2) is 4.68 Å². The summed E-state index contributed by atoms with van der Waals surface area (Å²) in [7, 11) is 0. The molecule has 1 aromatic heterocycles. The van der Waals surface area contributed by atoms with E-state index in [4.69, 9.17) is 0 Å². The molecule has 148 valence electrons. The summed E-state index contributed by atoms with van der Waals surface area (Å²) in [5.74, 6) is 0.0518. The number of aryl methyl sites for hydroxylation is 2. The minimum absolute atomic E-state index is 0.156. The fraction of sp³-hybridized carbons (Fsp3) is 0.429. The van der Waals surface area contributed by atoms with Gasteiger partial charge in [0.2, 0.25) is 5.91 Å². The lowest BCUT2D eigenvalue weighted by molar-refractivity contribution is -0.128. The fourth-order valence-electron chi connectivity index (χ4n) is 3.49. The highest BCUT2D eigenvalue weighted by molar-refractivity contribution is 5.93. The van der Waals surface area contributed by atoms with Gasteiger partial charge >= 0.3 is 0 Å². The Labute approximate surface area is 165 Å². The molecule has 2 amide bonds. The van der Waals surface area contributed by atoms with E-state index in [1.165, 1.54) is 11.1 Å². The summed E-state index contributed by atoms with van der Waals surface area (Å²) in [6.07, 6.45) is 2.11. The summed E-state index contributed by atoms with van der Waals surface area (Å²) in [5, 5.41) is 10.8. The summed E-state index contributed by atoms with van der Waals surface area (Å²) in [5.41, 5.74) is 4.67. The average Bonchev–Trinajstić information content (AvgIpc) is 3.19. The first-order valence-corrected chi connectivity index (χ1v) is 9.52. The van der Waals surface area contributed by atoms with Crippen LogP contribution in [0.2, 0.25) is 0 Å². The minimum Gasteiger partial charge on any atom is -0.347 e. The lowest BCUT2D eigenvalue weighted by atomic mass is 10.1. The van der Waals surface area contributed by atoms with E-state index in [1.54, 1.807) is 10.8 Å². The van der Waals surface area contributed by atoms with Crippen molar-refractivity contribution in [3.05, 3.63) is 58.9 Å². The number of nitrogens with zero attached hydrogens (tertiary/aromatic N) is 4. The molecule has 2 heterocycles. The number of aromatic nitrogens is 3. The van der Waals surface area contributed by atoms with E-state index in [2.05, 4.69) is 54.3 Å². The third-order valence-electron chi connectivity index (χ3n) is 5.28. The Balaban J connectivity index is 1.63. The smallest absolute Gasteiger partial charge is 0.273 e. The second kappa shape index (κ2) is 8.37. The van der Waals surface area contributed by atoms with Crippen molar-refractivity contribution in [1.29, 1.82) is 0 Å². The van der Waals surface area contributed by atoms with Gasteiger partial charge in [0, 0.05) is 38.5 Å². The van der Waals surface area contributed by atoms with E-state index in [-0.39, 0.29) is 17.7 Å². The van der Waals surface area contributed by atoms with Gasteiger partial charge in [-0.3, -0.25) is 9.59 Å². The number of nitrogens with one attached hydrogen (secondary N) is 1. The fourth-order valence-corrected chi connectivity index (χ4v) is 3.49. The Kier molecular flexibility index (Phi) is 5.92. The van der Waals surface area contributed by atoms with Crippen molar-refractivity contribution in [2.75, 3.05) is 13.1 Å². The molecule has 1 aromatic carbocycles. The van der Waals surface area contributed by atoms with Crippen LogP contribution in [0.4, 0.5) is 0 Å².